The maximum Gasteiger partial charge on any atom is 0.327 e. The molecule has 1 aromatic rings. The van der Waals surface area contributed by atoms with Crippen LogP contribution in [-0.4, -0.2) is 69.0 Å². The van der Waals surface area contributed by atoms with Gasteiger partial charge in [0.2, 0.25) is 11.1 Å². The third kappa shape index (κ3) is 3.23. The summed E-state index contributed by atoms with van der Waals surface area (Å²) in [4.78, 5) is 34.9. The number of nitrogens with zero attached hydrogens (tertiary/aromatic N) is 5. The van der Waals surface area contributed by atoms with E-state index in [-0.39, 0.29) is 25.5 Å². The monoisotopic (exact) mass is 300 g/mol. The van der Waals surface area contributed by atoms with Crippen LogP contribution in [0, 0.1) is 0 Å². The molecule has 11 heteroatoms. The number of urea groups is 1. The Kier molecular flexibility index (Phi) is 4.50. The zero-order valence-corrected chi connectivity index (χ0v) is 11.4. The molecule has 0 radical (unpaired) electrons. The minimum absolute atomic E-state index is 0.0313. The van der Waals surface area contributed by atoms with Gasteiger partial charge in [-0.1, -0.05) is 11.8 Å². The molecule has 1 saturated heterocycles. The van der Waals surface area contributed by atoms with Gasteiger partial charge in [-0.3, -0.25) is 14.5 Å². The van der Waals surface area contributed by atoms with Crippen molar-refractivity contribution in [1.82, 2.24) is 30.4 Å². The number of nitrogens with one attached hydrogen (secondary N) is 1. The lowest BCUT2D eigenvalue weighted by molar-refractivity contribution is -0.141. The number of amides is 3. The maximum atomic E-state index is 11.4. The molecule has 0 saturated carbocycles. The number of methoxy groups -OCH3 is 1. The van der Waals surface area contributed by atoms with Gasteiger partial charge < -0.3 is 10.1 Å². The average Bonchev–Trinajstić information content (AvgIpc) is 2.99. The lowest BCUT2D eigenvalue weighted by Crippen LogP contribution is -2.32. The molecular weight excluding hydrogens is 288 g/mol. The standard InChI is InChI=1S/C9H12N6O4S/c1-19-7(17)5-15-9(11-12-13-15)20-3-2-14-6(16)4-10-8(14)18/h2-5H2,1H3,(H,10,18). The predicted molar refractivity (Wildman–Crippen MR) is 65.7 cm³/mol. The summed E-state index contributed by atoms with van der Waals surface area (Å²) in [6, 6.07) is -0.398. The van der Waals surface area contributed by atoms with Crippen LogP contribution in [0.1, 0.15) is 0 Å². The maximum absolute atomic E-state index is 11.4. The summed E-state index contributed by atoms with van der Waals surface area (Å²) in [6.45, 7) is 0.193. The van der Waals surface area contributed by atoms with Crippen LogP contribution in [0.5, 0.6) is 0 Å². The zero-order valence-electron chi connectivity index (χ0n) is 10.6. The summed E-state index contributed by atoms with van der Waals surface area (Å²) in [5, 5.41) is 13.7. The SMILES string of the molecule is COC(=O)Cn1nnnc1SCCN1C(=O)CNC1=O. The Hall–Kier alpha value is -2.17. The van der Waals surface area contributed by atoms with Crippen molar-refractivity contribution < 1.29 is 19.1 Å². The van der Waals surface area contributed by atoms with E-state index in [1.54, 1.807) is 0 Å². The van der Waals surface area contributed by atoms with Crippen molar-refractivity contribution in [3.05, 3.63) is 0 Å². The van der Waals surface area contributed by atoms with Crippen molar-refractivity contribution >= 4 is 29.7 Å². The Morgan fingerprint density at radius 1 is 1.50 bits per heavy atom. The van der Waals surface area contributed by atoms with Crippen LogP contribution in [0.2, 0.25) is 0 Å². The second kappa shape index (κ2) is 6.32. The van der Waals surface area contributed by atoms with Crippen molar-refractivity contribution in [3.8, 4) is 0 Å². The molecule has 2 rings (SSSR count). The van der Waals surface area contributed by atoms with Gasteiger partial charge in [-0.2, -0.15) is 0 Å². The Labute approximate surface area is 117 Å². The molecule has 1 aliphatic rings. The van der Waals surface area contributed by atoms with E-state index in [1.807, 2.05) is 0 Å². The van der Waals surface area contributed by atoms with Crippen LogP contribution < -0.4 is 5.32 Å². The molecular formula is C9H12N6O4S. The van der Waals surface area contributed by atoms with E-state index in [4.69, 9.17) is 0 Å². The topological polar surface area (TPSA) is 119 Å². The second-order valence-electron chi connectivity index (χ2n) is 3.75. The molecule has 0 aliphatic carbocycles. The molecule has 0 spiro atoms. The quantitative estimate of drug-likeness (QED) is 0.382. The number of carbonyl (C=O) groups excluding carboxylic acids is 3. The third-order valence-electron chi connectivity index (χ3n) is 2.49. The average molecular weight is 300 g/mol. The number of aromatic nitrogens is 4. The predicted octanol–water partition coefficient (Wildman–Crippen LogP) is -1.51. The van der Waals surface area contributed by atoms with Crippen LogP contribution in [0.4, 0.5) is 4.79 Å². The molecule has 0 aromatic carbocycles. The first kappa shape index (κ1) is 14.2. The number of carbonyl (C=O) groups is 3. The molecule has 0 unspecified atom stereocenters. The normalized spacial score (nSPS) is 14.6. The molecule has 1 N–H and O–H groups in total. The Balaban J connectivity index is 1.85. The largest absolute Gasteiger partial charge is 0.468 e. The Morgan fingerprint density at radius 3 is 2.95 bits per heavy atom. The minimum atomic E-state index is -0.465. The third-order valence-corrected chi connectivity index (χ3v) is 3.43. The van der Waals surface area contributed by atoms with Crippen LogP contribution in [0.3, 0.4) is 0 Å². The Bertz CT molecular complexity index is 516. The molecule has 0 atom stereocenters. The van der Waals surface area contributed by atoms with E-state index in [1.165, 1.54) is 23.6 Å². The van der Waals surface area contributed by atoms with Gasteiger partial charge in [0.05, 0.1) is 13.7 Å². The van der Waals surface area contributed by atoms with E-state index < -0.39 is 12.0 Å². The van der Waals surface area contributed by atoms with Crippen molar-refractivity contribution in [2.24, 2.45) is 0 Å². The van der Waals surface area contributed by atoms with Crippen molar-refractivity contribution in [1.29, 1.82) is 0 Å². The fourth-order valence-electron chi connectivity index (χ4n) is 1.50. The van der Waals surface area contributed by atoms with Gasteiger partial charge in [0.25, 0.3) is 0 Å². The second-order valence-corrected chi connectivity index (χ2v) is 4.81. The number of tetrazole rings is 1. The lowest BCUT2D eigenvalue weighted by atomic mass is 10.5. The number of thioether (sulfide) groups is 1. The summed E-state index contributed by atoms with van der Waals surface area (Å²) in [5.74, 6) is -0.293. The van der Waals surface area contributed by atoms with Crippen LogP contribution >= 0.6 is 11.8 Å². The zero-order chi connectivity index (χ0) is 14.5. The summed E-state index contributed by atoms with van der Waals surface area (Å²) in [6.07, 6.45) is 0. The number of rotatable bonds is 6. The van der Waals surface area contributed by atoms with Crippen LogP contribution in [0.15, 0.2) is 5.16 Å². The minimum Gasteiger partial charge on any atom is -0.468 e. The molecule has 1 aromatic heterocycles. The van der Waals surface area contributed by atoms with Gasteiger partial charge in [0.15, 0.2) is 0 Å². The number of esters is 1. The molecule has 108 valence electrons. The fraction of sp³-hybridized carbons (Fsp3) is 0.556. The van der Waals surface area contributed by atoms with Gasteiger partial charge in [0, 0.05) is 12.3 Å². The van der Waals surface area contributed by atoms with Gasteiger partial charge in [-0.25, -0.2) is 9.48 Å². The van der Waals surface area contributed by atoms with Crippen LogP contribution in [0.25, 0.3) is 0 Å². The van der Waals surface area contributed by atoms with Crippen molar-refractivity contribution in [2.45, 2.75) is 11.7 Å². The molecule has 0 bridgehead atoms. The van der Waals surface area contributed by atoms with Gasteiger partial charge >= 0.3 is 12.0 Å². The van der Waals surface area contributed by atoms with Crippen LogP contribution in [-0.2, 0) is 20.9 Å². The lowest BCUT2D eigenvalue weighted by Gasteiger charge is -2.11. The highest BCUT2D eigenvalue weighted by molar-refractivity contribution is 7.99. The summed E-state index contributed by atoms with van der Waals surface area (Å²) in [5.41, 5.74) is 0. The molecule has 20 heavy (non-hydrogen) atoms. The molecule has 10 nitrogen and oxygen atoms in total. The highest BCUT2D eigenvalue weighted by Crippen LogP contribution is 2.14. The summed E-state index contributed by atoms with van der Waals surface area (Å²) in [7, 11) is 1.27. The Morgan fingerprint density at radius 2 is 2.30 bits per heavy atom. The van der Waals surface area contributed by atoms with E-state index in [2.05, 4.69) is 25.6 Å². The number of hydrogen-bond donors (Lipinski definition) is 1. The highest BCUT2D eigenvalue weighted by Gasteiger charge is 2.27. The van der Waals surface area contributed by atoms with E-state index >= 15 is 0 Å². The number of imide groups is 1. The van der Waals surface area contributed by atoms with E-state index in [0.29, 0.717) is 10.9 Å². The van der Waals surface area contributed by atoms with E-state index in [0.717, 1.165) is 4.90 Å². The van der Waals surface area contributed by atoms with Crippen molar-refractivity contribution in [3.63, 3.8) is 0 Å². The number of ether oxygens (including phenoxy) is 1. The van der Waals surface area contributed by atoms with Gasteiger partial charge in [-0.05, 0) is 10.4 Å². The first-order chi connectivity index (χ1) is 9.61. The first-order valence-electron chi connectivity index (χ1n) is 5.66. The van der Waals surface area contributed by atoms with Gasteiger partial charge in [-0.15, -0.1) is 5.10 Å². The highest BCUT2D eigenvalue weighted by atomic mass is 32.2. The molecule has 1 fully saturated rings. The fourth-order valence-corrected chi connectivity index (χ4v) is 2.30. The van der Waals surface area contributed by atoms with Crippen molar-refractivity contribution in [2.75, 3.05) is 26.0 Å². The summed E-state index contributed by atoms with van der Waals surface area (Å²) < 4.78 is 5.82. The molecule has 2 heterocycles. The van der Waals surface area contributed by atoms with E-state index in [9.17, 15) is 14.4 Å². The first-order valence-corrected chi connectivity index (χ1v) is 6.64. The smallest absolute Gasteiger partial charge is 0.327 e. The van der Waals surface area contributed by atoms with Gasteiger partial charge in [0.1, 0.15) is 6.54 Å². The molecule has 3 amide bonds. The number of hydrogen-bond acceptors (Lipinski definition) is 8. The summed E-state index contributed by atoms with van der Waals surface area (Å²) >= 11 is 1.24. The molecule has 1 aliphatic heterocycles.